The number of amides is 1. The maximum Gasteiger partial charge on any atom is 0.277 e. The smallest absolute Gasteiger partial charge is 0.277 e. The Kier molecular flexibility index (Phi) is 4.70. The molecule has 0 unspecified atom stereocenters. The van der Waals surface area contributed by atoms with E-state index in [2.05, 4.69) is 15.1 Å². The van der Waals surface area contributed by atoms with Crippen molar-refractivity contribution in [3.8, 4) is 0 Å². The lowest BCUT2D eigenvalue weighted by Gasteiger charge is -2.55. The Morgan fingerprint density at radius 1 is 1.00 bits per heavy atom. The molecule has 29 heavy (non-hydrogen) atoms. The van der Waals surface area contributed by atoms with Crippen LogP contribution in [0.15, 0.2) is 9.64 Å². The lowest BCUT2D eigenvalue weighted by Crippen LogP contribution is -2.50. The summed E-state index contributed by atoms with van der Waals surface area (Å²) in [6.45, 7) is 0.933. The SMILES string of the molecule is O=C(CSc1nnc(C23CC4CC(CC(C4)C2)C3)o1)N1CCC[C@@H]2CCCC[C@H]21. The van der Waals surface area contributed by atoms with Gasteiger partial charge in [-0.05, 0) is 87.9 Å². The highest BCUT2D eigenvalue weighted by Crippen LogP contribution is 2.60. The number of fused-ring (bicyclic) bond motifs is 1. The molecule has 6 heteroatoms. The number of rotatable bonds is 4. The van der Waals surface area contributed by atoms with Crippen LogP contribution in [0.4, 0.5) is 0 Å². The van der Waals surface area contributed by atoms with E-state index in [0.29, 0.717) is 17.0 Å². The van der Waals surface area contributed by atoms with Crippen molar-refractivity contribution in [1.82, 2.24) is 15.1 Å². The summed E-state index contributed by atoms with van der Waals surface area (Å²) in [7, 11) is 0. The van der Waals surface area contributed by atoms with Crippen LogP contribution in [0.5, 0.6) is 0 Å². The normalized spacial score (nSPS) is 40.8. The minimum Gasteiger partial charge on any atom is -0.415 e. The monoisotopic (exact) mass is 415 g/mol. The highest BCUT2D eigenvalue weighted by molar-refractivity contribution is 7.99. The topological polar surface area (TPSA) is 59.2 Å². The molecule has 0 radical (unpaired) electrons. The number of piperidine rings is 1. The number of carbonyl (C=O) groups excluding carboxylic acids is 1. The Balaban J connectivity index is 1.11. The van der Waals surface area contributed by atoms with Gasteiger partial charge < -0.3 is 9.32 Å². The molecule has 2 atom stereocenters. The Morgan fingerprint density at radius 3 is 2.45 bits per heavy atom. The van der Waals surface area contributed by atoms with Crippen LogP contribution in [0.2, 0.25) is 0 Å². The summed E-state index contributed by atoms with van der Waals surface area (Å²) in [5.41, 5.74) is 0.146. The molecule has 1 saturated heterocycles. The quantitative estimate of drug-likeness (QED) is 0.661. The van der Waals surface area contributed by atoms with Crippen LogP contribution < -0.4 is 0 Å². The van der Waals surface area contributed by atoms with E-state index < -0.39 is 0 Å². The van der Waals surface area contributed by atoms with Crippen molar-refractivity contribution in [2.45, 2.75) is 93.7 Å². The molecule has 1 amide bonds. The molecule has 6 aliphatic rings. The summed E-state index contributed by atoms with van der Waals surface area (Å²) in [6.07, 6.45) is 15.5. The Hall–Kier alpha value is -1.04. The van der Waals surface area contributed by atoms with Crippen LogP contribution in [0.25, 0.3) is 0 Å². The highest BCUT2D eigenvalue weighted by atomic mass is 32.2. The van der Waals surface area contributed by atoms with Gasteiger partial charge in [0.1, 0.15) is 0 Å². The van der Waals surface area contributed by atoms with Crippen molar-refractivity contribution >= 4 is 17.7 Å². The number of carbonyl (C=O) groups is 1. The van der Waals surface area contributed by atoms with E-state index in [0.717, 1.165) is 42.5 Å². The van der Waals surface area contributed by atoms with E-state index in [9.17, 15) is 4.79 Å². The van der Waals surface area contributed by atoms with Gasteiger partial charge in [0.15, 0.2) is 0 Å². The molecule has 6 fully saturated rings. The standard InChI is InChI=1S/C23H33N3O2S/c27-20(26-7-3-5-18-4-1-2-6-19(18)26)14-29-22-25-24-21(28-22)23-11-15-8-16(12-23)10-17(9-15)13-23/h15-19H,1-14H2/t15?,16?,17?,18-,19+,23?/m0/s1. The Labute approximate surface area is 177 Å². The average molecular weight is 416 g/mol. The van der Waals surface area contributed by atoms with E-state index in [1.807, 2.05) is 0 Å². The molecule has 5 saturated carbocycles. The first-order valence-electron chi connectivity index (χ1n) is 11.9. The number of aromatic nitrogens is 2. The predicted octanol–water partition coefficient (Wildman–Crippen LogP) is 4.81. The van der Waals surface area contributed by atoms with Crippen molar-refractivity contribution in [2.75, 3.05) is 12.3 Å². The van der Waals surface area contributed by atoms with Gasteiger partial charge in [0.05, 0.1) is 5.75 Å². The van der Waals surface area contributed by atoms with Crippen LogP contribution in [-0.2, 0) is 10.2 Å². The fourth-order valence-electron chi connectivity index (χ4n) is 8.00. The van der Waals surface area contributed by atoms with E-state index >= 15 is 0 Å². The van der Waals surface area contributed by atoms with Crippen LogP contribution in [0, 0.1) is 23.7 Å². The van der Waals surface area contributed by atoms with Crippen LogP contribution >= 0.6 is 11.8 Å². The molecular weight excluding hydrogens is 382 g/mol. The summed E-state index contributed by atoms with van der Waals surface area (Å²) in [6, 6.07) is 0.482. The van der Waals surface area contributed by atoms with Gasteiger partial charge in [0.25, 0.3) is 5.22 Å². The van der Waals surface area contributed by atoms with Crippen molar-refractivity contribution in [3.63, 3.8) is 0 Å². The van der Waals surface area contributed by atoms with E-state index in [4.69, 9.17) is 4.42 Å². The molecule has 2 heterocycles. The number of likely N-dealkylation sites (tertiary alicyclic amines) is 1. The van der Waals surface area contributed by atoms with Gasteiger partial charge in [-0.2, -0.15) is 0 Å². The molecule has 0 aromatic carbocycles. The summed E-state index contributed by atoms with van der Waals surface area (Å²) in [5, 5.41) is 9.45. The second kappa shape index (κ2) is 7.28. The molecular formula is C23H33N3O2S. The number of hydrogen-bond acceptors (Lipinski definition) is 5. The largest absolute Gasteiger partial charge is 0.415 e. The van der Waals surface area contributed by atoms with Gasteiger partial charge in [-0.25, -0.2) is 0 Å². The molecule has 1 aromatic heterocycles. The zero-order valence-electron chi connectivity index (χ0n) is 17.4. The van der Waals surface area contributed by atoms with E-state index in [1.54, 1.807) is 0 Å². The van der Waals surface area contributed by atoms with Crippen molar-refractivity contribution in [2.24, 2.45) is 23.7 Å². The van der Waals surface area contributed by atoms with Gasteiger partial charge in [-0.15, -0.1) is 10.2 Å². The second-order valence-electron chi connectivity index (χ2n) is 10.7. The third-order valence-electron chi connectivity index (χ3n) is 8.78. The highest BCUT2D eigenvalue weighted by Gasteiger charge is 2.54. The third-order valence-corrected chi connectivity index (χ3v) is 9.58. The van der Waals surface area contributed by atoms with Crippen molar-refractivity contribution in [1.29, 1.82) is 0 Å². The fourth-order valence-corrected chi connectivity index (χ4v) is 8.64. The first-order valence-corrected chi connectivity index (χ1v) is 12.9. The van der Waals surface area contributed by atoms with Gasteiger partial charge >= 0.3 is 0 Å². The molecule has 5 aliphatic carbocycles. The zero-order valence-corrected chi connectivity index (χ0v) is 18.2. The van der Waals surface area contributed by atoms with Crippen LogP contribution in [-0.4, -0.2) is 39.3 Å². The lowest BCUT2D eigenvalue weighted by atomic mass is 9.49. The first kappa shape index (κ1) is 18.7. The van der Waals surface area contributed by atoms with E-state index in [-0.39, 0.29) is 11.3 Å². The van der Waals surface area contributed by atoms with Crippen molar-refractivity contribution < 1.29 is 9.21 Å². The minimum atomic E-state index is 0.146. The maximum atomic E-state index is 13.0. The summed E-state index contributed by atoms with van der Waals surface area (Å²) < 4.78 is 6.18. The van der Waals surface area contributed by atoms with Gasteiger partial charge in [-0.1, -0.05) is 24.6 Å². The second-order valence-corrected chi connectivity index (χ2v) is 11.6. The molecule has 0 spiro atoms. The van der Waals surface area contributed by atoms with Crippen molar-refractivity contribution in [3.05, 3.63) is 5.89 Å². The number of thioether (sulfide) groups is 1. The summed E-state index contributed by atoms with van der Waals surface area (Å²) in [5.74, 6) is 4.91. The number of hydrogen-bond donors (Lipinski definition) is 0. The molecule has 4 bridgehead atoms. The van der Waals surface area contributed by atoms with Gasteiger partial charge in [-0.3, -0.25) is 4.79 Å². The molecule has 0 N–H and O–H groups in total. The molecule has 158 valence electrons. The fraction of sp³-hybridized carbons (Fsp3) is 0.870. The number of nitrogens with zero attached hydrogens (tertiary/aromatic N) is 3. The summed E-state index contributed by atoms with van der Waals surface area (Å²) in [4.78, 5) is 15.1. The molecule has 5 nitrogen and oxygen atoms in total. The molecule has 1 aliphatic heterocycles. The first-order chi connectivity index (χ1) is 14.2. The minimum absolute atomic E-state index is 0.146. The zero-order chi connectivity index (χ0) is 19.4. The average Bonchev–Trinajstić information content (AvgIpc) is 3.21. The molecule has 7 rings (SSSR count). The Morgan fingerprint density at radius 2 is 1.69 bits per heavy atom. The van der Waals surface area contributed by atoms with E-state index in [1.165, 1.54) is 82.4 Å². The maximum absolute atomic E-state index is 13.0. The van der Waals surface area contributed by atoms with Gasteiger partial charge in [0.2, 0.25) is 11.8 Å². The third kappa shape index (κ3) is 3.34. The lowest BCUT2D eigenvalue weighted by molar-refractivity contribution is -0.134. The van der Waals surface area contributed by atoms with Gasteiger partial charge in [0, 0.05) is 18.0 Å². The molecule has 1 aromatic rings. The van der Waals surface area contributed by atoms with Crippen LogP contribution in [0.3, 0.4) is 0 Å². The summed E-state index contributed by atoms with van der Waals surface area (Å²) >= 11 is 1.45. The Bertz CT molecular complexity index is 741. The van der Waals surface area contributed by atoms with Crippen LogP contribution in [0.1, 0.15) is 82.9 Å². The predicted molar refractivity (Wildman–Crippen MR) is 112 cm³/mol.